The third-order valence-electron chi connectivity index (χ3n) is 6.22. The molecule has 3 rings (SSSR count). The van der Waals surface area contributed by atoms with E-state index >= 15 is 0 Å². The second-order valence-electron chi connectivity index (χ2n) is 8.86. The standard InChI is InChI=1S/C24H34N6O/c1-5-6-9-27-23-17(3)22(8-7-19(23)11-25)30-12-16(2)10-21(15-30)28-24(31)18(4)29-13-20(26)14-29/h5-9,16,18,20-21H,10,12-15,26H2,1-4H3,(H,28,31)/b6-5+,27-9?/t16-,18?,21+/m0/s1. The van der Waals surface area contributed by atoms with E-state index < -0.39 is 0 Å². The Hall–Kier alpha value is -2.69. The molecule has 0 aromatic heterocycles. The summed E-state index contributed by atoms with van der Waals surface area (Å²) >= 11 is 0. The van der Waals surface area contributed by atoms with Gasteiger partial charge in [0.25, 0.3) is 0 Å². The van der Waals surface area contributed by atoms with Gasteiger partial charge in [0.2, 0.25) is 5.91 Å². The van der Waals surface area contributed by atoms with Crippen molar-refractivity contribution in [2.45, 2.75) is 52.2 Å². The molecule has 1 amide bonds. The molecule has 0 radical (unpaired) electrons. The number of nitrogens with one attached hydrogen (secondary N) is 1. The number of allylic oxidation sites excluding steroid dienone is 2. The molecule has 0 spiro atoms. The van der Waals surface area contributed by atoms with Crippen LogP contribution in [0, 0.1) is 24.2 Å². The number of anilines is 1. The molecule has 0 bridgehead atoms. The lowest BCUT2D eigenvalue weighted by Crippen LogP contribution is -2.63. The van der Waals surface area contributed by atoms with Crippen molar-refractivity contribution in [3.05, 3.63) is 35.4 Å². The molecular weight excluding hydrogens is 388 g/mol. The average Bonchev–Trinajstić information content (AvgIpc) is 2.71. The van der Waals surface area contributed by atoms with Crippen LogP contribution in [-0.2, 0) is 4.79 Å². The summed E-state index contributed by atoms with van der Waals surface area (Å²) in [5.41, 5.74) is 9.20. The summed E-state index contributed by atoms with van der Waals surface area (Å²) in [5, 5.41) is 12.8. The first-order valence-corrected chi connectivity index (χ1v) is 11.1. The van der Waals surface area contributed by atoms with Crippen molar-refractivity contribution in [2.75, 3.05) is 31.1 Å². The molecule has 0 aliphatic carbocycles. The molecule has 0 saturated carbocycles. The van der Waals surface area contributed by atoms with Crippen LogP contribution in [0.1, 0.15) is 38.3 Å². The number of nitriles is 1. The lowest BCUT2D eigenvalue weighted by Gasteiger charge is -2.42. The highest BCUT2D eigenvalue weighted by atomic mass is 16.2. The van der Waals surface area contributed by atoms with Crippen LogP contribution in [-0.4, -0.2) is 61.3 Å². The molecule has 31 heavy (non-hydrogen) atoms. The quantitative estimate of drug-likeness (QED) is 0.687. The zero-order chi connectivity index (χ0) is 22.5. The highest BCUT2D eigenvalue weighted by Gasteiger charge is 2.33. The van der Waals surface area contributed by atoms with Gasteiger partial charge in [-0.05, 0) is 56.9 Å². The Labute approximate surface area is 185 Å². The zero-order valence-electron chi connectivity index (χ0n) is 19.0. The molecule has 3 atom stereocenters. The Bertz CT molecular complexity index is 896. The molecule has 2 saturated heterocycles. The van der Waals surface area contributed by atoms with Crippen molar-refractivity contribution in [2.24, 2.45) is 16.6 Å². The Kier molecular flexibility index (Phi) is 7.47. The maximum atomic E-state index is 12.8. The van der Waals surface area contributed by atoms with Crippen molar-refractivity contribution in [1.29, 1.82) is 5.26 Å². The van der Waals surface area contributed by atoms with Crippen molar-refractivity contribution in [3.8, 4) is 6.07 Å². The lowest BCUT2D eigenvalue weighted by molar-refractivity contribution is -0.128. The number of nitrogens with zero attached hydrogens (tertiary/aromatic N) is 4. The third kappa shape index (κ3) is 5.33. The van der Waals surface area contributed by atoms with Crippen molar-refractivity contribution in [3.63, 3.8) is 0 Å². The molecule has 166 valence electrons. The number of aliphatic imine (C=N–C) groups is 1. The molecule has 1 unspecified atom stereocenters. The monoisotopic (exact) mass is 422 g/mol. The Morgan fingerprint density at radius 2 is 2.10 bits per heavy atom. The van der Waals surface area contributed by atoms with Crippen LogP contribution in [0.15, 0.2) is 29.3 Å². The van der Waals surface area contributed by atoms with Crippen molar-refractivity contribution < 1.29 is 4.79 Å². The van der Waals surface area contributed by atoms with E-state index in [1.807, 2.05) is 45.1 Å². The van der Waals surface area contributed by atoms with Crippen LogP contribution < -0.4 is 16.0 Å². The largest absolute Gasteiger partial charge is 0.369 e. The van der Waals surface area contributed by atoms with Crippen LogP contribution >= 0.6 is 0 Å². The minimum atomic E-state index is -0.158. The fraction of sp³-hybridized carbons (Fsp3) is 0.542. The highest BCUT2D eigenvalue weighted by Crippen LogP contribution is 2.34. The lowest BCUT2D eigenvalue weighted by atomic mass is 9.94. The number of likely N-dealkylation sites (tertiary alicyclic amines) is 1. The van der Waals surface area contributed by atoms with Gasteiger partial charge in [0, 0.05) is 50.2 Å². The number of nitrogens with two attached hydrogens (primary N) is 1. The molecule has 7 nitrogen and oxygen atoms in total. The molecule has 1 aromatic carbocycles. The van der Waals surface area contributed by atoms with E-state index in [0.717, 1.165) is 43.9 Å². The predicted octanol–water partition coefficient (Wildman–Crippen LogP) is 2.51. The topological polar surface area (TPSA) is 97.8 Å². The van der Waals surface area contributed by atoms with Gasteiger partial charge in [-0.15, -0.1) is 0 Å². The fourth-order valence-corrected chi connectivity index (χ4v) is 4.50. The van der Waals surface area contributed by atoms with E-state index in [1.54, 1.807) is 6.21 Å². The van der Waals surface area contributed by atoms with Gasteiger partial charge in [-0.3, -0.25) is 14.7 Å². The second-order valence-corrected chi connectivity index (χ2v) is 8.86. The molecule has 1 aromatic rings. The molecule has 2 heterocycles. The number of rotatable bonds is 6. The van der Waals surface area contributed by atoms with E-state index in [4.69, 9.17) is 5.73 Å². The van der Waals surface area contributed by atoms with E-state index in [-0.39, 0.29) is 24.0 Å². The number of hydrogen-bond acceptors (Lipinski definition) is 6. The Morgan fingerprint density at radius 3 is 2.74 bits per heavy atom. The minimum Gasteiger partial charge on any atom is -0.369 e. The average molecular weight is 423 g/mol. The summed E-state index contributed by atoms with van der Waals surface area (Å²) in [7, 11) is 0. The minimum absolute atomic E-state index is 0.0687. The molecule has 2 aliphatic heterocycles. The van der Waals surface area contributed by atoms with E-state index in [0.29, 0.717) is 17.2 Å². The van der Waals surface area contributed by atoms with Gasteiger partial charge in [0.1, 0.15) is 6.07 Å². The van der Waals surface area contributed by atoms with Crippen molar-refractivity contribution >= 4 is 23.5 Å². The first-order valence-electron chi connectivity index (χ1n) is 11.1. The van der Waals surface area contributed by atoms with Gasteiger partial charge in [0.05, 0.1) is 17.3 Å². The Morgan fingerprint density at radius 1 is 1.35 bits per heavy atom. The number of amides is 1. The molecule has 2 fully saturated rings. The highest BCUT2D eigenvalue weighted by molar-refractivity contribution is 5.82. The van der Waals surface area contributed by atoms with Crippen LogP contribution in [0.4, 0.5) is 11.4 Å². The summed E-state index contributed by atoms with van der Waals surface area (Å²) < 4.78 is 0. The number of benzene rings is 1. The SMILES string of the molecule is C/C=C/C=Nc1c(C#N)ccc(N2C[C@@H](C)C[C@@H](NC(=O)C(C)N3CC(N)C3)C2)c1C. The predicted molar refractivity (Wildman–Crippen MR) is 126 cm³/mol. The van der Waals surface area contributed by atoms with Crippen LogP contribution in [0.25, 0.3) is 0 Å². The summed E-state index contributed by atoms with van der Waals surface area (Å²) in [6.07, 6.45) is 6.44. The van der Waals surface area contributed by atoms with E-state index in [2.05, 4.69) is 33.1 Å². The van der Waals surface area contributed by atoms with Gasteiger partial charge in [0.15, 0.2) is 0 Å². The summed E-state index contributed by atoms with van der Waals surface area (Å²) in [4.78, 5) is 21.7. The van der Waals surface area contributed by atoms with Gasteiger partial charge in [-0.1, -0.05) is 13.0 Å². The van der Waals surface area contributed by atoms with Crippen LogP contribution in [0.5, 0.6) is 0 Å². The summed E-state index contributed by atoms with van der Waals surface area (Å²) in [5.74, 6) is 0.510. The van der Waals surface area contributed by atoms with Gasteiger partial charge in [-0.2, -0.15) is 5.26 Å². The summed E-state index contributed by atoms with van der Waals surface area (Å²) in [6.45, 7) is 11.3. The molecule has 7 heteroatoms. The second kappa shape index (κ2) is 10.1. The maximum Gasteiger partial charge on any atom is 0.237 e. The number of piperidine rings is 1. The fourth-order valence-electron chi connectivity index (χ4n) is 4.50. The maximum absolute atomic E-state index is 12.8. The third-order valence-corrected chi connectivity index (χ3v) is 6.22. The van der Waals surface area contributed by atoms with Gasteiger partial charge >= 0.3 is 0 Å². The first kappa shape index (κ1) is 23.0. The van der Waals surface area contributed by atoms with Crippen LogP contribution in [0.3, 0.4) is 0 Å². The van der Waals surface area contributed by atoms with Crippen molar-refractivity contribution in [1.82, 2.24) is 10.2 Å². The van der Waals surface area contributed by atoms with E-state index in [1.165, 1.54) is 0 Å². The van der Waals surface area contributed by atoms with Gasteiger partial charge in [-0.25, -0.2) is 0 Å². The zero-order valence-corrected chi connectivity index (χ0v) is 19.0. The molecular formula is C24H34N6O. The van der Waals surface area contributed by atoms with E-state index in [9.17, 15) is 10.1 Å². The normalized spacial score (nSPS) is 23.7. The summed E-state index contributed by atoms with van der Waals surface area (Å²) in [6, 6.07) is 6.20. The first-order chi connectivity index (χ1) is 14.8. The molecule has 3 N–H and O–H groups in total. The molecule has 2 aliphatic rings. The number of carbonyl (C=O) groups is 1. The Balaban J connectivity index is 1.76. The van der Waals surface area contributed by atoms with Crippen LogP contribution in [0.2, 0.25) is 0 Å². The smallest absolute Gasteiger partial charge is 0.237 e. The van der Waals surface area contributed by atoms with Gasteiger partial charge < -0.3 is 16.0 Å². The number of hydrogen-bond donors (Lipinski definition) is 2. The number of carbonyl (C=O) groups excluding carboxylic acids is 1.